The van der Waals surface area contributed by atoms with Crippen LogP contribution in [0.4, 0.5) is 4.79 Å². The van der Waals surface area contributed by atoms with Crippen LogP contribution in [-0.4, -0.2) is 24.7 Å². The summed E-state index contributed by atoms with van der Waals surface area (Å²) in [5.41, 5.74) is 0. The molecule has 4 heteroatoms. The van der Waals surface area contributed by atoms with Crippen LogP contribution < -0.4 is 0 Å². The molecule has 9 heavy (non-hydrogen) atoms. The van der Waals surface area contributed by atoms with Gasteiger partial charge in [-0.1, -0.05) is 6.92 Å². The van der Waals surface area contributed by atoms with Gasteiger partial charge in [-0.3, -0.25) is 0 Å². The maximum Gasteiger partial charge on any atom is 0.508 e. The minimum atomic E-state index is -1.30. The predicted molar refractivity (Wildman–Crippen MR) is 30.2 cm³/mol. The Kier molecular flexibility index (Phi) is 3.79. The van der Waals surface area contributed by atoms with E-state index in [4.69, 9.17) is 5.11 Å². The smallest absolute Gasteiger partial charge is 0.450 e. The topological polar surface area (TPSA) is 55.8 Å². The van der Waals surface area contributed by atoms with Crippen molar-refractivity contribution in [3.05, 3.63) is 0 Å². The molecule has 1 N–H and O–H groups in total. The molecule has 0 aliphatic carbocycles. The first-order chi connectivity index (χ1) is 4.20. The summed E-state index contributed by atoms with van der Waals surface area (Å²) < 4.78 is 8.85. The maximum absolute atomic E-state index is 9.83. The lowest BCUT2D eigenvalue weighted by Crippen LogP contribution is -2.17. The molecule has 0 radical (unpaired) electrons. The van der Waals surface area contributed by atoms with Gasteiger partial charge in [-0.2, -0.15) is 0 Å². The molecule has 0 bridgehead atoms. The quantitative estimate of drug-likeness (QED) is 0.463. The second-order valence-electron chi connectivity index (χ2n) is 1.46. The summed E-state index contributed by atoms with van der Waals surface area (Å²) in [6.45, 7) is 1.77. The van der Waals surface area contributed by atoms with Gasteiger partial charge >= 0.3 is 6.16 Å². The van der Waals surface area contributed by atoms with Crippen molar-refractivity contribution in [1.82, 2.24) is 0 Å². The van der Waals surface area contributed by atoms with E-state index in [9.17, 15) is 4.79 Å². The molecule has 0 saturated heterocycles. The van der Waals surface area contributed by atoms with Crippen molar-refractivity contribution in [2.24, 2.45) is 0 Å². The van der Waals surface area contributed by atoms with Crippen molar-refractivity contribution in [3.63, 3.8) is 0 Å². The average Bonchev–Trinajstić information content (AvgIpc) is 1.82. The van der Waals surface area contributed by atoms with Gasteiger partial charge in [0.05, 0.1) is 0 Å². The first kappa shape index (κ1) is 8.23. The monoisotopic (exact) mass is 134 g/mol. The molecule has 0 aliphatic rings. The van der Waals surface area contributed by atoms with Crippen LogP contribution in [0.15, 0.2) is 0 Å². The van der Waals surface area contributed by atoms with Gasteiger partial charge in [-0.05, 0) is 0 Å². The molecular weight excluding hydrogens is 124 g/mol. The second-order valence-corrected chi connectivity index (χ2v) is 1.46. The minimum absolute atomic E-state index is 0.531. The van der Waals surface area contributed by atoms with Crippen molar-refractivity contribution < 1.29 is 19.4 Å². The third-order valence-corrected chi connectivity index (χ3v) is 0.828. The molecule has 0 aliphatic heterocycles. The number of carboxylic acid groups (broad SMARTS) is 1. The predicted octanol–water partition coefficient (Wildman–Crippen LogP) is 1.06. The van der Waals surface area contributed by atoms with E-state index >= 15 is 0 Å². The maximum atomic E-state index is 9.83. The Labute approximate surface area is 53.4 Å². The van der Waals surface area contributed by atoms with Crippen LogP contribution in [0.5, 0.6) is 0 Å². The lowest BCUT2D eigenvalue weighted by molar-refractivity contribution is -0.0969. The average molecular weight is 134 g/mol. The third-order valence-electron chi connectivity index (χ3n) is 0.828. The van der Waals surface area contributed by atoms with Crippen LogP contribution in [0.3, 0.4) is 0 Å². The van der Waals surface area contributed by atoms with Gasteiger partial charge in [0, 0.05) is 13.5 Å². The van der Waals surface area contributed by atoms with Crippen molar-refractivity contribution in [2.45, 2.75) is 19.6 Å². The number of hydrogen-bond acceptors (Lipinski definition) is 3. The van der Waals surface area contributed by atoms with Crippen molar-refractivity contribution >= 4 is 6.16 Å². The summed E-state index contributed by atoms with van der Waals surface area (Å²) in [5.74, 6) is 0. The standard InChI is InChI=1S/C5H10O4/c1-3-4(8-2)9-5(6)7/h4H,3H2,1-2H3,(H,6,7). The molecule has 0 spiro atoms. The van der Waals surface area contributed by atoms with Gasteiger partial charge < -0.3 is 14.6 Å². The molecule has 54 valence electrons. The van der Waals surface area contributed by atoms with Crippen molar-refractivity contribution in [1.29, 1.82) is 0 Å². The molecule has 0 aromatic heterocycles. The normalized spacial score (nSPS) is 12.7. The number of ether oxygens (including phenoxy) is 2. The minimum Gasteiger partial charge on any atom is -0.450 e. The number of methoxy groups -OCH3 is 1. The van der Waals surface area contributed by atoms with E-state index in [1.165, 1.54) is 7.11 Å². The highest BCUT2D eigenvalue weighted by Crippen LogP contribution is 1.97. The number of carbonyl (C=O) groups is 1. The van der Waals surface area contributed by atoms with Crippen molar-refractivity contribution in [2.75, 3.05) is 7.11 Å². The molecule has 1 unspecified atom stereocenters. The zero-order chi connectivity index (χ0) is 7.28. The Hall–Kier alpha value is -0.770. The molecule has 0 amide bonds. The Bertz CT molecular complexity index is 87.0. The lowest BCUT2D eigenvalue weighted by atomic mass is 10.5. The Morgan fingerprint density at radius 1 is 1.78 bits per heavy atom. The second kappa shape index (κ2) is 4.14. The molecule has 0 saturated carbocycles. The molecule has 0 aromatic rings. The van der Waals surface area contributed by atoms with E-state index in [1.54, 1.807) is 6.92 Å². The number of hydrogen-bond donors (Lipinski definition) is 1. The van der Waals surface area contributed by atoms with Gasteiger partial charge in [0.2, 0.25) is 6.29 Å². The SMILES string of the molecule is CCC(OC)OC(=O)O. The zero-order valence-corrected chi connectivity index (χ0v) is 5.46. The van der Waals surface area contributed by atoms with Gasteiger partial charge in [-0.25, -0.2) is 4.79 Å². The third kappa shape index (κ3) is 3.78. The summed E-state index contributed by atoms with van der Waals surface area (Å²) in [7, 11) is 1.40. The highest BCUT2D eigenvalue weighted by molar-refractivity contribution is 5.56. The van der Waals surface area contributed by atoms with Gasteiger partial charge in [0.25, 0.3) is 0 Å². The van der Waals surface area contributed by atoms with E-state index in [-0.39, 0.29) is 0 Å². The molecular formula is C5H10O4. The lowest BCUT2D eigenvalue weighted by Gasteiger charge is -2.09. The van der Waals surface area contributed by atoms with Crippen LogP contribution in [0.1, 0.15) is 13.3 Å². The van der Waals surface area contributed by atoms with E-state index in [1.807, 2.05) is 0 Å². The first-order valence-corrected chi connectivity index (χ1v) is 2.63. The summed E-state index contributed by atoms with van der Waals surface area (Å²) in [4.78, 5) is 9.83. The fourth-order valence-corrected chi connectivity index (χ4v) is 0.411. The van der Waals surface area contributed by atoms with Gasteiger partial charge in [-0.15, -0.1) is 0 Å². The highest BCUT2D eigenvalue weighted by Gasteiger charge is 2.07. The summed E-state index contributed by atoms with van der Waals surface area (Å²) >= 11 is 0. The van der Waals surface area contributed by atoms with Crippen LogP contribution in [0, 0.1) is 0 Å². The van der Waals surface area contributed by atoms with Gasteiger partial charge in [0.1, 0.15) is 0 Å². The molecule has 1 atom stereocenters. The van der Waals surface area contributed by atoms with E-state index in [2.05, 4.69) is 9.47 Å². The molecule has 0 heterocycles. The Morgan fingerprint density at radius 2 is 2.33 bits per heavy atom. The molecule has 0 rings (SSSR count). The van der Waals surface area contributed by atoms with Crippen LogP contribution >= 0.6 is 0 Å². The van der Waals surface area contributed by atoms with Crippen LogP contribution in [0.25, 0.3) is 0 Å². The molecule has 0 fully saturated rings. The summed E-state index contributed by atoms with van der Waals surface area (Å²) in [6.07, 6.45) is -1.39. The van der Waals surface area contributed by atoms with E-state index in [0.29, 0.717) is 6.42 Å². The summed E-state index contributed by atoms with van der Waals surface area (Å²) in [5, 5.41) is 8.04. The first-order valence-electron chi connectivity index (χ1n) is 2.63. The van der Waals surface area contributed by atoms with Crippen LogP contribution in [0.2, 0.25) is 0 Å². The summed E-state index contributed by atoms with van der Waals surface area (Å²) in [6, 6.07) is 0. The highest BCUT2D eigenvalue weighted by atomic mass is 16.7. The van der Waals surface area contributed by atoms with Crippen molar-refractivity contribution in [3.8, 4) is 0 Å². The Balaban J connectivity index is 3.43. The van der Waals surface area contributed by atoms with Gasteiger partial charge in [0.15, 0.2) is 0 Å². The number of rotatable bonds is 3. The largest absolute Gasteiger partial charge is 0.508 e. The fraction of sp³-hybridized carbons (Fsp3) is 0.800. The van der Waals surface area contributed by atoms with E-state index in [0.717, 1.165) is 0 Å². The van der Waals surface area contributed by atoms with Crippen LogP contribution in [-0.2, 0) is 9.47 Å². The zero-order valence-electron chi connectivity index (χ0n) is 5.46. The fourth-order valence-electron chi connectivity index (χ4n) is 0.411. The molecule has 4 nitrogen and oxygen atoms in total. The van der Waals surface area contributed by atoms with E-state index < -0.39 is 12.4 Å². The molecule has 0 aromatic carbocycles. The Morgan fingerprint density at radius 3 is 2.44 bits per heavy atom.